The van der Waals surface area contributed by atoms with Gasteiger partial charge < -0.3 is 0 Å². The summed E-state index contributed by atoms with van der Waals surface area (Å²) in [4.78, 5) is 17.0. The predicted molar refractivity (Wildman–Crippen MR) is 285 cm³/mol. The summed E-state index contributed by atoms with van der Waals surface area (Å²) in [5, 5.41) is 10.0. The summed E-state index contributed by atoms with van der Waals surface area (Å²) in [6.45, 7) is 2.30. The summed E-state index contributed by atoms with van der Waals surface area (Å²) in [6, 6.07) is 84.2. The molecule has 0 aliphatic heterocycles. The molecule has 0 unspecified atom stereocenters. The molecule has 68 heavy (non-hydrogen) atoms. The molecule has 0 aliphatic carbocycles. The molecule has 0 spiro atoms. The van der Waals surface area contributed by atoms with E-state index in [1.54, 1.807) is 0 Å². The zero-order valence-corrected chi connectivity index (χ0v) is 39.0. The van der Waals surface area contributed by atoms with Gasteiger partial charge in [0, 0.05) is 27.1 Å². The number of hydrogen-bond acceptors (Lipinski definition) is 3. The van der Waals surface area contributed by atoms with E-state index in [2.05, 4.69) is 247 Å². The van der Waals surface area contributed by atoms with E-state index in [4.69, 9.17) is 15.0 Å². The van der Waals surface area contributed by atoms with Gasteiger partial charge in [0.15, 0.2) is 13.9 Å². The van der Waals surface area contributed by atoms with Crippen molar-refractivity contribution < 1.29 is 0 Å². The molecule has 3 aromatic heterocycles. The van der Waals surface area contributed by atoms with Gasteiger partial charge in [-0.05, 0) is 87.0 Å². The van der Waals surface area contributed by atoms with Gasteiger partial charge in [0.25, 0.3) is 0 Å². The molecule has 0 radical (unpaired) electrons. The third-order valence-electron chi connectivity index (χ3n) is 13.8. The smallest absolute Gasteiger partial charge is 0.240 e. The molecule has 0 fully saturated rings. The molecule has 0 amide bonds. The van der Waals surface area contributed by atoms with Crippen molar-refractivity contribution in [3.05, 3.63) is 247 Å². The van der Waals surface area contributed by atoms with Gasteiger partial charge >= 0.3 is 0 Å². The molecule has 0 atom stereocenters. The van der Waals surface area contributed by atoms with Crippen molar-refractivity contribution in [2.24, 2.45) is 0 Å². The van der Waals surface area contributed by atoms with Gasteiger partial charge in [0.1, 0.15) is 0 Å². The molecule has 5 nitrogen and oxygen atoms in total. The van der Waals surface area contributed by atoms with Crippen LogP contribution in [-0.2, 0) is 19.3 Å². The van der Waals surface area contributed by atoms with Crippen LogP contribution in [0.25, 0.3) is 66.9 Å². The minimum atomic E-state index is -3.05. The third kappa shape index (κ3) is 6.95. The quantitative estimate of drug-likeness (QED) is 0.0907. The Bertz CT molecular complexity index is 3410. The van der Waals surface area contributed by atoms with Crippen molar-refractivity contribution in [3.63, 3.8) is 0 Å². The fourth-order valence-corrected chi connectivity index (χ4v) is 16.0. The highest BCUT2D eigenvalue weighted by atomic mass is 28.3. The zero-order valence-electron chi connectivity index (χ0n) is 38.0. The van der Waals surface area contributed by atoms with Crippen LogP contribution in [0.4, 0.5) is 0 Å². The lowest BCUT2D eigenvalue weighted by Gasteiger charge is -2.37. The second-order valence-electron chi connectivity index (χ2n) is 17.8. The molecule has 326 valence electrons. The zero-order chi connectivity index (χ0) is 45.4. The average Bonchev–Trinajstić information content (AvgIpc) is 3.93. The number of hydrogen-bond donors (Lipinski definition) is 0. The summed E-state index contributed by atoms with van der Waals surface area (Å²) in [5.74, 6) is 1.83. The van der Waals surface area contributed by atoms with Crippen LogP contribution >= 0.6 is 0 Å². The second-order valence-corrected chi connectivity index (χ2v) is 21.5. The molecule has 0 N–H and O–H groups in total. The van der Waals surface area contributed by atoms with Crippen LogP contribution in [0.3, 0.4) is 0 Å². The maximum Gasteiger partial charge on any atom is 0.240 e. The number of benzene rings is 9. The minimum absolute atomic E-state index is 0.584. The molecule has 0 aliphatic rings. The van der Waals surface area contributed by atoms with Gasteiger partial charge in [-0.25, -0.2) is 0 Å². The van der Waals surface area contributed by atoms with Crippen LogP contribution in [0.15, 0.2) is 231 Å². The first kappa shape index (κ1) is 41.3. The van der Waals surface area contributed by atoms with Gasteiger partial charge in [-0.15, -0.1) is 0 Å². The number of aryl methyl sites for hydroxylation is 2. The van der Waals surface area contributed by atoms with Gasteiger partial charge in [0.2, 0.25) is 11.9 Å². The average molecular weight is 892 g/mol. The Hall–Kier alpha value is -8.19. The monoisotopic (exact) mass is 891 g/mol. The Morgan fingerprint density at radius 1 is 0.368 bits per heavy atom. The molecular formula is C62H49N5Si. The normalized spacial score (nSPS) is 11.8. The topological polar surface area (TPSA) is 48.5 Å². The number of aromatic nitrogens is 5. The van der Waals surface area contributed by atoms with Crippen LogP contribution in [0, 0.1) is 0 Å². The molecule has 9 aromatic carbocycles. The highest BCUT2D eigenvalue weighted by molar-refractivity contribution is 7.20. The summed E-state index contributed by atoms with van der Waals surface area (Å²) >= 11 is 0. The Balaban J connectivity index is 1.22. The van der Waals surface area contributed by atoms with Crippen molar-refractivity contribution in [1.82, 2.24) is 24.1 Å². The maximum absolute atomic E-state index is 5.70. The van der Waals surface area contributed by atoms with Crippen LogP contribution in [0.1, 0.15) is 30.0 Å². The first-order chi connectivity index (χ1) is 33.7. The van der Waals surface area contributed by atoms with E-state index in [0.717, 1.165) is 74.9 Å². The molecule has 0 saturated heterocycles. The van der Waals surface area contributed by atoms with E-state index >= 15 is 0 Å². The Morgan fingerprint density at radius 2 is 0.735 bits per heavy atom. The standard InChI is InChI=1S/C62H49N5Si/c1-2-23-53-54(42-45(41-40-44-24-7-3-8-25-44)43-59(53)68(46-26-9-4-10-27-46,47-28-11-5-12-29-47)48-30-13-6-14-31-48)60-63-61(66-55-36-19-15-32-49(55)50-33-16-20-37-56(50)66)65-62(64-60)67-57-38-21-17-34-51(57)52-35-18-22-39-58(52)67/h3-22,24-39,42-43H,2,23,40-41H2,1H3. The van der Waals surface area contributed by atoms with Crippen LogP contribution in [0.2, 0.25) is 0 Å². The number of nitrogens with zero attached hydrogens (tertiary/aromatic N) is 5. The molecule has 6 heteroatoms. The molecule has 12 rings (SSSR count). The summed E-state index contributed by atoms with van der Waals surface area (Å²) in [6.07, 6.45) is 3.53. The van der Waals surface area contributed by atoms with Crippen molar-refractivity contribution in [2.75, 3.05) is 0 Å². The van der Waals surface area contributed by atoms with Crippen LogP contribution in [-0.4, -0.2) is 32.2 Å². The van der Waals surface area contributed by atoms with E-state index < -0.39 is 8.07 Å². The van der Waals surface area contributed by atoms with E-state index in [0.29, 0.717) is 17.7 Å². The maximum atomic E-state index is 5.70. The number of para-hydroxylation sites is 4. The van der Waals surface area contributed by atoms with E-state index in [1.165, 1.54) is 37.4 Å². The number of rotatable bonds is 12. The Morgan fingerprint density at radius 3 is 1.15 bits per heavy atom. The highest BCUT2D eigenvalue weighted by Gasteiger charge is 2.43. The van der Waals surface area contributed by atoms with Crippen molar-refractivity contribution in [2.45, 2.75) is 32.6 Å². The Labute approximate surface area is 397 Å². The van der Waals surface area contributed by atoms with Crippen molar-refractivity contribution in [3.8, 4) is 23.3 Å². The fraction of sp³-hybridized carbons (Fsp3) is 0.0806. The highest BCUT2D eigenvalue weighted by Crippen LogP contribution is 2.35. The lowest BCUT2D eigenvalue weighted by molar-refractivity contribution is 0.883. The predicted octanol–water partition coefficient (Wildman–Crippen LogP) is 11.8. The lowest BCUT2D eigenvalue weighted by atomic mass is 9.96. The molecule has 0 saturated carbocycles. The van der Waals surface area contributed by atoms with Gasteiger partial charge in [0.05, 0.1) is 22.1 Å². The van der Waals surface area contributed by atoms with Crippen molar-refractivity contribution in [1.29, 1.82) is 0 Å². The fourth-order valence-electron chi connectivity index (χ4n) is 10.8. The van der Waals surface area contributed by atoms with Crippen LogP contribution in [0.5, 0.6) is 0 Å². The molecular weight excluding hydrogens is 843 g/mol. The molecule has 12 aromatic rings. The summed E-state index contributed by atoms with van der Waals surface area (Å²) in [7, 11) is -3.05. The van der Waals surface area contributed by atoms with Gasteiger partial charge in [-0.3, -0.25) is 9.13 Å². The minimum Gasteiger partial charge on any atom is -0.278 e. The summed E-state index contributed by atoms with van der Waals surface area (Å²) < 4.78 is 4.48. The van der Waals surface area contributed by atoms with Gasteiger partial charge in [-0.2, -0.15) is 15.0 Å². The van der Waals surface area contributed by atoms with E-state index in [9.17, 15) is 0 Å². The van der Waals surface area contributed by atoms with Crippen molar-refractivity contribution >= 4 is 72.4 Å². The SMILES string of the molecule is CCCc1c(-c2nc(-n3c4ccccc4c4ccccc43)nc(-n3c4ccccc4c4ccccc43)n2)cc(CCc2ccccc2)cc1[Si](c1ccccc1)(c1ccccc1)c1ccccc1. The first-order valence-corrected chi connectivity index (χ1v) is 25.8. The van der Waals surface area contributed by atoms with E-state index in [1.807, 2.05) is 0 Å². The van der Waals surface area contributed by atoms with E-state index in [-0.39, 0.29) is 0 Å². The van der Waals surface area contributed by atoms with Crippen LogP contribution < -0.4 is 20.7 Å². The Kier molecular flexibility index (Phi) is 10.6. The number of fused-ring (bicyclic) bond motifs is 6. The largest absolute Gasteiger partial charge is 0.278 e. The molecule has 3 heterocycles. The lowest BCUT2D eigenvalue weighted by Crippen LogP contribution is -2.75. The second kappa shape index (κ2) is 17.6. The first-order valence-electron chi connectivity index (χ1n) is 23.8. The molecule has 0 bridgehead atoms. The summed E-state index contributed by atoms with van der Waals surface area (Å²) in [5.41, 5.74) is 9.11. The van der Waals surface area contributed by atoms with Gasteiger partial charge in [-0.1, -0.05) is 214 Å². The third-order valence-corrected chi connectivity index (χ3v) is 18.6.